The Hall–Kier alpha value is -2.88. The number of alkyl halides is 3. The van der Waals surface area contributed by atoms with Crippen LogP contribution >= 0.6 is 11.3 Å². The molecule has 1 unspecified atom stereocenters. The van der Waals surface area contributed by atoms with E-state index in [0.717, 1.165) is 23.5 Å². The molecule has 1 atom stereocenters. The zero-order chi connectivity index (χ0) is 19.8. The summed E-state index contributed by atoms with van der Waals surface area (Å²) in [5.74, 6) is -1.66. The fourth-order valence-electron chi connectivity index (χ4n) is 2.79. The van der Waals surface area contributed by atoms with Crippen molar-refractivity contribution in [2.75, 3.05) is 13.1 Å². The quantitative estimate of drug-likeness (QED) is 0.832. The predicted molar refractivity (Wildman–Crippen MR) is 91.1 cm³/mol. The normalized spacial score (nSPS) is 17.5. The number of halogens is 3. The first-order valence-electron chi connectivity index (χ1n) is 7.82. The number of nitrogens with two attached hydrogens (primary N) is 1. The maximum Gasteiger partial charge on any atom is 0.416 e. The number of benzene rings is 1. The van der Waals surface area contributed by atoms with Gasteiger partial charge in [0.15, 0.2) is 0 Å². The first-order valence-corrected chi connectivity index (χ1v) is 8.70. The maximum absolute atomic E-state index is 12.8. The third-order valence-corrected chi connectivity index (χ3v) is 5.04. The van der Waals surface area contributed by atoms with E-state index in [1.54, 1.807) is 0 Å². The number of hydrogen-bond donors (Lipinski definition) is 2. The lowest BCUT2D eigenvalue weighted by Crippen LogP contribution is -2.52. The third kappa shape index (κ3) is 3.80. The summed E-state index contributed by atoms with van der Waals surface area (Å²) in [6.45, 7) is 0.399. The van der Waals surface area contributed by atoms with Crippen molar-refractivity contribution >= 4 is 29.1 Å². The molecule has 1 aromatic carbocycles. The van der Waals surface area contributed by atoms with Crippen LogP contribution < -0.4 is 11.1 Å². The van der Waals surface area contributed by atoms with Crippen LogP contribution in [0.25, 0.3) is 0 Å². The van der Waals surface area contributed by atoms with Gasteiger partial charge in [0.1, 0.15) is 6.04 Å². The minimum atomic E-state index is -4.50. The van der Waals surface area contributed by atoms with Gasteiger partial charge < -0.3 is 16.0 Å². The molecule has 3 amide bonds. The molecule has 0 spiro atoms. The van der Waals surface area contributed by atoms with E-state index in [-0.39, 0.29) is 29.1 Å². The monoisotopic (exact) mass is 397 g/mol. The molecule has 0 radical (unpaired) electrons. The van der Waals surface area contributed by atoms with Crippen molar-refractivity contribution in [3.8, 4) is 0 Å². The molecule has 2 heterocycles. The summed E-state index contributed by atoms with van der Waals surface area (Å²) in [6, 6.07) is 4.38. The van der Waals surface area contributed by atoms with E-state index in [2.05, 4.69) is 5.32 Å². The molecule has 6 nitrogen and oxygen atoms in total. The van der Waals surface area contributed by atoms with Crippen LogP contribution in [0.15, 0.2) is 35.7 Å². The van der Waals surface area contributed by atoms with Crippen molar-refractivity contribution in [1.82, 2.24) is 10.2 Å². The van der Waals surface area contributed by atoms with Crippen molar-refractivity contribution in [1.29, 1.82) is 0 Å². The van der Waals surface area contributed by atoms with Gasteiger partial charge in [0.05, 0.1) is 16.0 Å². The largest absolute Gasteiger partial charge is 0.416 e. The molecule has 142 valence electrons. The van der Waals surface area contributed by atoms with Gasteiger partial charge in [-0.05, 0) is 23.8 Å². The Morgan fingerprint density at radius 1 is 1.22 bits per heavy atom. The molecule has 1 aliphatic heterocycles. The van der Waals surface area contributed by atoms with E-state index < -0.39 is 35.5 Å². The number of rotatable bonds is 3. The summed E-state index contributed by atoms with van der Waals surface area (Å²) in [5, 5.41) is 4.05. The molecule has 1 saturated heterocycles. The van der Waals surface area contributed by atoms with Crippen molar-refractivity contribution in [3.05, 3.63) is 57.3 Å². The second-order valence-electron chi connectivity index (χ2n) is 5.88. The molecule has 27 heavy (non-hydrogen) atoms. The second-order valence-corrected chi connectivity index (χ2v) is 6.79. The van der Waals surface area contributed by atoms with Crippen LogP contribution in [0.3, 0.4) is 0 Å². The number of hydrogen-bond acceptors (Lipinski definition) is 4. The van der Waals surface area contributed by atoms with E-state index >= 15 is 0 Å². The molecule has 1 aromatic heterocycles. The summed E-state index contributed by atoms with van der Waals surface area (Å²) in [6.07, 6.45) is -4.50. The Balaban J connectivity index is 1.92. The minimum absolute atomic E-state index is 0.177. The number of thiophene rings is 1. The number of piperazine rings is 1. The molecule has 0 bridgehead atoms. The van der Waals surface area contributed by atoms with Gasteiger partial charge in [-0.3, -0.25) is 14.4 Å². The zero-order valence-electron chi connectivity index (χ0n) is 13.7. The van der Waals surface area contributed by atoms with Crippen molar-refractivity contribution in [3.63, 3.8) is 0 Å². The van der Waals surface area contributed by atoms with Crippen molar-refractivity contribution in [2.24, 2.45) is 5.73 Å². The smallest absolute Gasteiger partial charge is 0.366 e. The van der Waals surface area contributed by atoms with E-state index in [1.807, 2.05) is 0 Å². The summed E-state index contributed by atoms with van der Waals surface area (Å²) in [7, 11) is 0. The molecule has 0 aliphatic carbocycles. The average molecular weight is 397 g/mol. The van der Waals surface area contributed by atoms with Crippen LogP contribution in [0, 0.1) is 0 Å². The van der Waals surface area contributed by atoms with Gasteiger partial charge in [0, 0.05) is 18.5 Å². The van der Waals surface area contributed by atoms with Gasteiger partial charge in [-0.2, -0.15) is 13.2 Å². The topological polar surface area (TPSA) is 92.5 Å². The van der Waals surface area contributed by atoms with E-state index in [9.17, 15) is 27.6 Å². The number of nitrogens with zero attached hydrogens (tertiary/aromatic N) is 1. The van der Waals surface area contributed by atoms with Gasteiger partial charge in [0.25, 0.3) is 5.91 Å². The molecule has 1 fully saturated rings. The molecule has 3 rings (SSSR count). The Morgan fingerprint density at radius 2 is 1.89 bits per heavy atom. The van der Waals surface area contributed by atoms with Crippen LogP contribution in [0.1, 0.15) is 37.2 Å². The number of primary amides is 1. The van der Waals surface area contributed by atoms with E-state index in [0.29, 0.717) is 0 Å². The number of carbonyl (C=O) groups excluding carboxylic acids is 3. The zero-order valence-corrected chi connectivity index (χ0v) is 14.6. The average Bonchev–Trinajstić information content (AvgIpc) is 3.11. The van der Waals surface area contributed by atoms with Gasteiger partial charge in [0.2, 0.25) is 11.8 Å². The predicted octanol–water partition coefficient (Wildman–Crippen LogP) is 2.18. The van der Waals surface area contributed by atoms with Crippen molar-refractivity contribution < 1.29 is 27.6 Å². The first-order chi connectivity index (χ1) is 12.7. The van der Waals surface area contributed by atoms with Gasteiger partial charge in [-0.15, -0.1) is 11.3 Å². The van der Waals surface area contributed by atoms with Gasteiger partial charge in [-0.1, -0.05) is 12.1 Å². The Kier molecular flexibility index (Phi) is 4.92. The van der Waals surface area contributed by atoms with Gasteiger partial charge >= 0.3 is 6.18 Å². The van der Waals surface area contributed by atoms with E-state index in [4.69, 9.17) is 5.73 Å². The highest BCUT2D eigenvalue weighted by Gasteiger charge is 2.36. The molecule has 0 saturated carbocycles. The summed E-state index contributed by atoms with van der Waals surface area (Å²) in [4.78, 5) is 37.9. The lowest BCUT2D eigenvalue weighted by atomic mass is 10.0. The molecule has 10 heteroatoms. The molecule has 3 N–H and O–H groups in total. The standard InChI is InChI=1S/C17H14F3N3O3S/c18-17(19,20)11-3-1-9(2-4-11)13-15(25)22-5-6-23(13)16(26)12-7-10(8-27-12)14(21)24/h1-4,7-8,13H,5-6H2,(H2,21,24)(H,22,25). The van der Waals surface area contributed by atoms with Crippen LogP contribution in [-0.4, -0.2) is 35.7 Å². The highest BCUT2D eigenvalue weighted by molar-refractivity contribution is 7.12. The summed E-state index contributed by atoms with van der Waals surface area (Å²) >= 11 is 1.01. The van der Waals surface area contributed by atoms with Gasteiger partial charge in [-0.25, -0.2) is 0 Å². The molecular weight excluding hydrogens is 383 g/mol. The van der Waals surface area contributed by atoms with Crippen LogP contribution in [0.4, 0.5) is 13.2 Å². The highest BCUT2D eigenvalue weighted by atomic mass is 32.1. The van der Waals surface area contributed by atoms with Crippen molar-refractivity contribution in [2.45, 2.75) is 12.2 Å². The molecule has 1 aliphatic rings. The summed E-state index contributed by atoms with van der Waals surface area (Å²) < 4.78 is 38.3. The lowest BCUT2D eigenvalue weighted by Gasteiger charge is -2.35. The van der Waals surface area contributed by atoms with Crippen LogP contribution in [0.5, 0.6) is 0 Å². The Bertz CT molecular complexity index is 893. The fourth-order valence-corrected chi connectivity index (χ4v) is 3.64. The third-order valence-electron chi connectivity index (χ3n) is 4.12. The first kappa shape index (κ1) is 18.9. The number of carbonyl (C=O) groups is 3. The molecule has 2 aromatic rings. The van der Waals surface area contributed by atoms with Crippen LogP contribution in [0.2, 0.25) is 0 Å². The lowest BCUT2D eigenvalue weighted by molar-refractivity contribution is -0.137. The second kappa shape index (κ2) is 7.03. The number of nitrogens with one attached hydrogen (secondary N) is 1. The Morgan fingerprint density at radius 3 is 2.44 bits per heavy atom. The Labute approximate surface area is 155 Å². The maximum atomic E-state index is 12.8. The minimum Gasteiger partial charge on any atom is -0.366 e. The number of amides is 3. The van der Waals surface area contributed by atoms with Crippen LogP contribution in [-0.2, 0) is 11.0 Å². The summed E-state index contributed by atoms with van der Waals surface area (Å²) in [5.41, 5.74) is 4.78. The van der Waals surface area contributed by atoms with E-state index in [1.165, 1.54) is 28.5 Å². The SMILES string of the molecule is NC(=O)c1csc(C(=O)N2CCNC(=O)C2c2ccc(C(F)(F)F)cc2)c1. The molecular formula is C17H14F3N3O3S. The highest BCUT2D eigenvalue weighted by Crippen LogP contribution is 2.32. The fraction of sp³-hybridized carbons (Fsp3) is 0.235.